The first-order chi connectivity index (χ1) is 17.2. The van der Waals surface area contributed by atoms with E-state index in [0.717, 1.165) is 55.2 Å². The SMILES string of the molecule is COc1ccc(C2=C(c3ccc(C=C4CN(CCCF)C4)cc3)c3ccccc3CCC2)c(Cl)c1. The summed E-state index contributed by atoms with van der Waals surface area (Å²) in [6.45, 7) is 2.50. The molecule has 4 heteroatoms. The van der Waals surface area contributed by atoms with Gasteiger partial charge in [-0.15, -0.1) is 0 Å². The molecule has 0 amide bonds. The molecule has 0 N–H and O–H groups in total. The maximum atomic E-state index is 12.4. The van der Waals surface area contributed by atoms with Crippen molar-refractivity contribution in [2.75, 3.05) is 33.4 Å². The molecule has 0 spiro atoms. The molecule has 0 saturated carbocycles. The average Bonchev–Trinajstić information content (AvgIpc) is 3.05. The van der Waals surface area contributed by atoms with Gasteiger partial charge in [-0.3, -0.25) is 9.29 Å². The fourth-order valence-electron chi connectivity index (χ4n) is 5.23. The molecule has 180 valence electrons. The Bertz CT molecular complexity index is 1250. The third-order valence-electron chi connectivity index (χ3n) is 6.99. The number of rotatable bonds is 7. The van der Waals surface area contributed by atoms with Gasteiger partial charge in [0.1, 0.15) is 5.75 Å². The standard InChI is InChI=1S/C31H31ClFNO/c1-35-26-14-15-28(30(32)19-26)29-9-4-7-24-6-2-3-8-27(24)31(29)25-12-10-22(11-13-25)18-23-20-34(21-23)17-5-16-33/h2-3,6,8,10-15,18-19H,4-5,7,9,16-17,20-21H2,1H3. The number of methoxy groups -OCH3 is 1. The topological polar surface area (TPSA) is 12.5 Å². The smallest absolute Gasteiger partial charge is 0.120 e. The highest BCUT2D eigenvalue weighted by Crippen LogP contribution is 2.42. The zero-order chi connectivity index (χ0) is 24.2. The maximum Gasteiger partial charge on any atom is 0.120 e. The minimum absolute atomic E-state index is 0.236. The molecule has 5 rings (SSSR count). The van der Waals surface area contributed by atoms with Crippen LogP contribution in [0.5, 0.6) is 5.75 Å². The van der Waals surface area contributed by atoms with Gasteiger partial charge >= 0.3 is 0 Å². The van der Waals surface area contributed by atoms with Crippen LogP contribution in [0.3, 0.4) is 0 Å². The van der Waals surface area contributed by atoms with Gasteiger partial charge in [0.25, 0.3) is 0 Å². The number of nitrogens with zero attached hydrogens (tertiary/aromatic N) is 1. The molecule has 3 aromatic carbocycles. The summed E-state index contributed by atoms with van der Waals surface area (Å²) in [6, 6.07) is 23.6. The van der Waals surface area contributed by atoms with Crippen LogP contribution in [0, 0.1) is 0 Å². The lowest BCUT2D eigenvalue weighted by molar-refractivity contribution is 0.239. The summed E-state index contributed by atoms with van der Waals surface area (Å²) in [5, 5.41) is 0.722. The van der Waals surface area contributed by atoms with Gasteiger partial charge in [-0.05, 0) is 88.4 Å². The van der Waals surface area contributed by atoms with Crippen molar-refractivity contribution in [3.8, 4) is 5.75 Å². The Kier molecular flexibility index (Phi) is 7.36. The van der Waals surface area contributed by atoms with Crippen LogP contribution in [-0.2, 0) is 6.42 Å². The van der Waals surface area contributed by atoms with E-state index >= 15 is 0 Å². The molecular weight excluding hydrogens is 457 g/mol. The summed E-state index contributed by atoms with van der Waals surface area (Å²) in [5.74, 6) is 0.770. The van der Waals surface area contributed by atoms with E-state index in [1.807, 2.05) is 12.1 Å². The number of allylic oxidation sites excluding steroid dienone is 1. The second-order valence-electron chi connectivity index (χ2n) is 9.39. The van der Waals surface area contributed by atoms with Crippen molar-refractivity contribution in [2.45, 2.75) is 25.7 Å². The molecule has 1 aliphatic carbocycles. The molecule has 35 heavy (non-hydrogen) atoms. The normalized spacial score (nSPS) is 15.9. The summed E-state index contributed by atoms with van der Waals surface area (Å²) < 4.78 is 17.8. The van der Waals surface area contributed by atoms with E-state index in [1.54, 1.807) is 7.11 Å². The highest BCUT2D eigenvalue weighted by molar-refractivity contribution is 6.33. The molecule has 0 radical (unpaired) electrons. The Labute approximate surface area is 212 Å². The minimum Gasteiger partial charge on any atom is -0.497 e. The number of hydrogen-bond acceptors (Lipinski definition) is 2. The Balaban J connectivity index is 1.52. The summed E-state index contributed by atoms with van der Waals surface area (Å²) in [6.07, 6.45) is 6.00. The van der Waals surface area contributed by atoms with Gasteiger partial charge in [0.15, 0.2) is 0 Å². The molecule has 2 aliphatic rings. The van der Waals surface area contributed by atoms with Crippen LogP contribution >= 0.6 is 11.6 Å². The number of ether oxygens (including phenoxy) is 1. The number of hydrogen-bond donors (Lipinski definition) is 0. The highest BCUT2D eigenvalue weighted by atomic mass is 35.5. The Morgan fingerprint density at radius 1 is 0.971 bits per heavy atom. The van der Waals surface area contributed by atoms with Crippen LogP contribution in [0.25, 0.3) is 17.2 Å². The predicted molar refractivity (Wildman–Crippen MR) is 145 cm³/mol. The van der Waals surface area contributed by atoms with Gasteiger partial charge in [0, 0.05) is 19.6 Å². The zero-order valence-corrected chi connectivity index (χ0v) is 21.0. The van der Waals surface area contributed by atoms with Crippen LogP contribution in [-0.4, -0.2) is 38.3 Å². The molecule has 0 atom stereocenters. The molecule has 0 aromatic heterocycles. The first-order valence-electron chi connectivity index (χ1n) is 12.4. The first-order valence-corrected chi connectivity index (χ1v) is 12.8. The first kappa shape index (κ1) is 23.8. The zero-order valence-electron chi connectivity index (χ0n) is 20.2. The molecule has 1 fully saturated rings. The largest absolute Gasteiger partial charge is 0.497 e. The predicted octanol–water partition coefficient (Wildman–Crippen LogP) is 7.70. The lowest BCUT2D eigenvalue weighted by Gasteiger charge is -2.33. The molecule has 3 aromatic rings. The third-order valence-corrected chi connectivity index (χ3v) is 7.31. The average molecular weight is 488 g/mol. The van der Waals surface area contributed by atoms with Gasteiger partial charge in [0.05, 0.1) is 18.8 Å². The lowest BCUT2D eigenvalue weighted by Crippen LogP contribution is -2.40. The quantitative estimate of drug-likeness (QED) is 0.338. The fraction of sp³-hybridized carbons (Fsp3) is 0.290. The number of halogens is 2. The summed E-state index contributed by atoms with van der Waals surface area (Å²) in [7, 11) is 1.67. The van der Waals surface area contributed by atoms with Crippen molar-refractivity contribution in [1.29, 1.82) is 0 Å². The number of likely N-dealkylation sites (tertiary alicyclic amines) is 1. The van der Waals surface area contributed by atoms with E-state index in [-0.39, 0.29) is 6.67 Å². The molecule has 1 heterocycles. The van der Waals surface area contributed by atoms with Gasteiger partial charge in [0.2, 0.25) is 0 Å². The summed E-state index contributed by atoms with van der Waals surface area (Å²) in [4.78, 5) is 2.29. The number of alkyl halides is 1. The van der Waals surface area contributed by atoms with Gasteiger partial charge in [-0.2, -0.15) is 0 Å². The van der Waals surface area contributed by atoms with Crippen molar-refractivity contribution < 1.29 is 9.13 Å². The maximum absolute atomic E-state index is 12.4. The Hall–Kier alpha value is -2.88. The van der Waals surface area contributed by atoms with Crippen LogP contribution in [0.1, 0.15) is 47.1 Å². The summed E-state index contributed by atoms with van der Waals surface area (Å²) in [5.41, 5.74) is 10.1. The van der Waals surface area contributed by atoms with Crippen molar-refractivity contribution in [2.24, 2.45) is 0 Å². The van der Waals surface area contributed by atoms with E-state index in [0.29, 0.717) is 6.42 Å². The Morgan fingerprint density at radius 3 is 2.51 bits per heavy atom. The molecule has 2 nitrogen and oxygen atoms in total. The van der Waals surface area contributed by atoms with Crippen LogP contribution in [0.15, 0.2) is 72.3 Å². The van der Waals surface area contributed by atoms with Crippen molar-refractivity contribution in [3.63, 3.8) is 0 Å². The van der Waals surface area contributed by atoms with Crippen LogP contribution in [0.2, 0.25) is 5.02 Å². The molecule has 0 bridgehead atoms. The van der Waals surface area contributed by atoms with Crippen LogP contribution < -0.4 is 4.74 Å². The number of aryl methyl sites for hydroxylation is 1. The second kappa shape index (κ2) is 10.8. The molecule has 1 aliphatic heterocycles. The summed E-state index contributed by atoms with van der Waals surface area (Å²) >= 11 is 6.78. The molecule has 0 unspecified atom stereocenters. The van der Waals surface area contributed by atoms with E-state index in [4.69, 9.17) is 16.3 Å². The van der Waals surface area contributed by atoms with Crippen LogP contribution in [0.4, 0.5) is 4.39 Å². The van der Waals surface area contributed by atoms with E-state index in [2.05, 4.69) is 65.6 Å². The van der Waals surface area contributed by atoms with E-state index in [1.165, 1.54) is 39.0 Å². The van der Waals surface area contributed by atoms with E-state index in [9.17, 15) is 4.39 Å². The second-order valence-corrected chi connectivity index (χ2v) is 9.80. The third kappa shape index (κ3) is 5.22. The van der Waals surface area contributed by atoms with E-state index < -0.39 is 0 Å². The fourth-order valence-corrected chi connectivity index (χ4v) is 5.52. The van der Waals surface area contributed by atoms with Gasteiger partial charge < -0.3 is 4.74 Å². The highest BCUT2D eigenvalue weighted by Gasteiger charge is 2.22. The van der Waals surface area contributed by atoms with Gasteiger partial charge in [-0.25, -0.2) is 0 Å². The minimum atomic E-state index is -0.236. The van der Waals surface area contributed by atoms with Gasteiger partial charge in [-0.1, -0.05) is 66.2 Å². The van der Waals surface area contributed by atoms with Crippen molar-refractivity contribution in [3.05, 3.63) is 105 Å². The number of benzene rings is 3. The monoisotopic (exact) mass is 487 g/mol. The Morgan fingerprint density at radius 2 is 1.77 bits per heavy atom. The van der Waals surface area contributed by atoms with Crippen molar-refractivity contribution >= 4 is 28.8 Å². The molecule has 1 saturated heterocycles. The van der Waals surface area contributed by atoms with Crippen molar-refractivity contribution in [1.82, 2.24) is 4.90 Å². The number of fused-ring (bicyclic) bond motifs is 1. The lowest BCUT2D eigenvalue weighted by atomic mass is 9.87. The molecular formula is C31H31ClFNO.